The Morgan fingerprint density at radius 2 is 2.10 bits per heavy atom. The fourth-order valence-corrected chi connectivity index (χ4v) is 2.60. The van der Waals surface area contributed by atoms with Gasteiger partial charge in [0.2, 0.25) is 0 Å². The maximum absolute atomic E-state index is 2.46. The molecule has 0 bridgehead atoms. The Balaban J connectivity index is 2.12. The first kappa shape index (κ1) is 6.45. The highest BCUT2D eigenvalue weighted by atomic mass is 14.4. The molecule has 56 valence electrons. The zero-order valence-electron chi connectivity index (χ0n) is 6.72. The second kappa shape index (κ2) is 2.41. The Kier molecular flexibility index (Phi) is 1.55. The van der Waals surface area contributed by atoms with Gasteiger partial charge in [0.25, 0.3) is 0 Å². The molecule has 1 fully saturated rings. The summed E-state index contributed by atoms with van der Waals surface area (Å²) in [4.78, 5) is 0. The quantitative estimate of drug-likeness (QED) is 0.449. The standard InChI is InChI=1S/C10H16/c1-8-6-7-9-4-2-3-5-10(8)9/h2,4,8-10H,3,5-7H2,1H3. The Hall–Kier alpha value is -0.260. The lowest BCUT2D eigenvalue weighted by molar-refractivity contribution is 0.336. The summed E-state index contributed by atoms with van der Waals surface area (Å²) in [7, 11) is 0. The van der Waals surface area contributed by atoms with Gasteiger partial charge in [0.1, 0.15) is 0 Å². The zero-order chi connectivity index (χ0) is 6.97. The van der Waals surface area contributed by atoms with Crippen LogP contribution in [0.1, 0.15) is 32.6 Å². The highest BCUT2D eigenvalue weighted by molar-refractivity contribution is 5.01. The maximum Gasteiger partial charge on any atom is -0.0202 e. The Morgan fingerprint density at radius 1 is 1.20 bits per heavy atom. The minimum Gasteiger partial charge on any atom is -0.0882 e. The molecule has 0 heterocycles. The molecule has 0 aromatic rings. The van der Waals surface area contributed by atoms with E-state index in [9.17, 15) is 0 Å². The number of hydrogen-bond acceptors (Lipinski definition) is 0. The predicted octanol–water partition coefficient (Wildman–Crippen LogP) is 3.00. The lowest BCUT2D eigenvalue weighted by Gasteiger charge is -2.22. The van der Waals surface area contributed by atoms with Crippen LogP contribution in [-0.2, 0) is 0 Å². The molecule has 1 saturated carbocycles. The van der Waals surface area contributed by atoms with Crippen molar-refractivity contribution in [3.8, 4) is 0 Å². The van der Waals surface area contributed by atoms with E-state index in [1.165, 1.54) is 25.7 Å². The molecular formula is C10H16. The van der Waals surface area contributed by atoms with Crippen molar-refractivity contribution in [2.75, 3.05) is 0 Å². The van der Waals surface area contributed by atoms with Crippen LogP contribution in [0.3, 0.4) is 0 Å². The van der Waals surface area contributed by atoms with Crippen LogP contribution in [0.25, 0.3) is 0 Å². The minimum absolute atomic E-state index is 0.962. The normalized spacial score (nSPS) is 45.5. The van der Waals surface area contributed by atoms with Crippen molar-refractivity contribution in [2.24, 2.45) is 17.8 Å². The van der Waals surface area contributed by atoms with Gasteiger partial charge in [0, 0.05) is 0 Å². The van der Waals surface area contributed by atoms with Crippen molar-refractivity contribution in [1.29, 1.82) is 0 Å². The van der Waals surface area contributed by atoms with Gasteiger partial charge < -0.3 is 0 Å². The van der Waals surface area contributed by atoms with Gasteiger partial charge in [-0.25, -0.2) is 0 Å². The molecule has 2 rings (SSSR count). The summed E-state index contributed by atoms with van der Waals surface area (Å²) in [5.41, 5.74) is 0. The maximum atomic E-state index is 2.46. The SMILES string of the molecule is CC1CCC2C=CCCC12. The van der Waals surface area contributed by atoms with E-state index in [0.29, 0.717) is 0 Å². The summed E-state index contributed by atoms with van der Waals surface area (Å²) in [5.74, 6) is 3.02. The van der Waals surface area contributed by atoms with Crippen molar-refractivity contribution < 1.29 is 0 Å². The van der Waals surface area contributed by atoms with E-state index >= 15 is 0 Å². The molecule has 10 heavy (non-hydrogen) atoms. The van der Waals surface area contributed by atoms with Gasteiger partial charge in [-0.2, -0.15) is 0 Å². The van der Waals surface area contributed by atoms with E-state index < -0.39 is 0 Å². The Morgan fingerprint density at radius 3 is 2.90 bits per heavy atom. The topological polar surface area (TPSA) is 0 Å². The molecule has 0 spiro atoms. The molecule has 0 aromatic heterocycles. The summed E-state index contributed by atoms with van der Waals surface area (Å²) in [5, 5.41) is 0. The second-order valence-corrected chi connectivity index (χ2v) is 3.89. The van der Waals surface area contributed by atoms with Crippen LogP contribution < -0.4 is 0 Å². The Bertz CT molecular complexity index is 146. The van der Waals surface area contributed by atoms with E-state index in [1.807, 2.05) is 0 Å². The van der Waals surface area contributed by atoms with E-state index in [0.717, 1.165) is 17.8 Å². The summed E-state index contributed by atoms with van der Waals surface area (Å²) in [6.45, 7) is 2.42. The molecule has 2 aliphatic rings. The summed E-state index contributed by atoms with van der Waals surface area (Å²) >= 11 is 0. The third-order valence-corrected chi connectivity index (χ3v) is 3.29. The highest BCUT2D eigenvalue weighted by Crippen LogP contribution is 2.42. The van der Waals surface area contributed by atoms with Gasteiger partial charge in [-0.15, -0.1) is 0 Å². The van der Waals surface area contributed by atoms with Crippen molar-refractivity contribution in [3.63, 3.8) is 0 Å². The van der Waals surface area contributed by atoms with Crippen LogP contribution in [-0.4, -0.2) is 0 Å². The average Bonchev–Trinajstić information content (AvgIpc) is 2.34. The third-order valence-electron chi connectivity index (χ3n) is 3.29. The molecule has 0 aliphatic heterocycles. The van der Waals surface area contributed by atoms with Gasteiger partial charge in [-0.1, -0.05) is 19.1 Å². The molecule has 2 aliphatic carbocycles. The molecule has 0 aromatic carbocycles. The predicted molar refractivity (Wildman–Crippen MR) is 43.8 cm³/mol. The Labute approximate surface area is 63.3 Å². The van der Waals surface area contributed by atoms with Crippen molar-refractivity contribution in [2.45, 2.75) is 32.6 Å². The van der Waals surface area contributed by atoms with E-state index in [2.05, 4.69) is 19.1 Å². The van der Waals surface area contributed by atoms with Gasteiger partial charge >= 0.3 is 0 Å². The fourth-order valence-electron chi connectivity index (χ4n) is 2.60. The number of hydrogen-bond donors (Lipinski definition) is 0. The molecular weight excluding hydrogens is 120 g/mol. The van der Waals surface area contributed by atoms with Crippen LogP contribution in [0, 0.1) is 17.8 Å². The number of rotatable bonds is 0. The van der Waals surface area contributed by atoms with Crippen LogP contribution in [0.5, 0.6) is 0 Å². The largest absolute Gasteiger partial charge is 0.0882 e. The molecule has 3 unspecified atom stereocenters. The molecule has 0 heteroatoms. The van der Waals surface area contributed by atoms with Crippen LogP contribution in [0.2, 0.25) is 0 Å². The smallest absolute Gasteiger partial charge is 0.0202 e. The molecule has 0 radical (unpaired) electrons. The third kappa shape index (κ3) is 0.902. The van der Waals surface area contributed by atoms with E-state index in [4.69, 9.17) is 0 Å². The van der Waals surface area contributed by atoms with Crippen molar-refractivity contribution >= 4 is 0 Å². The first-order valence-electron chi connectivity index (χ1n) is 4.54. The zero-order valence-corrected chi connectivity index (χ0v) is 6.72. The summed E-state index contributed by atoms with van der Waals surface area (Å²) in [6.07, 6.45) is 10.6. The molecule has 3 atom stereocenters. The van der Waals surface area contributed by atoms with Crippen molar-refractivity contribution in [1.82, 2.24) is 0 Å². The summed E-state index contributed by atoms with van der Waals surface area (Å²) < 4.78 is 0. The van der Waals surface area contributed by atoms with Crippen LogP contribution >= 0.6 is 0 Å². The minimum atomic E-state index is 0.962. The molecule has 0 amide bonds. The lowest BCUT2D eigenvalue weighted by atomic mass is 9.83. The molecule has 0 nitrogen and oxygen atoms in total. The summed E-state index contributed by atoms with van der Waals surface area (Å²) in [6, 6.07) is 0. The second-order valence-electron chi connectivity index (χ2n) is 3.89. The lowest BCUT2D eigenvalue weighted by Crippen LogP contribution is -2.13. The van der Waals surface area contributed by atoms with Crippen molar-refractivity contribution in [3.05, 3.63) is 12.2 Å². The monoisotopic (exact) mass is 136 g/mol. The molecule has 0 N–H and O–H groups in total. The average molecular weight is 136 g/mol. The number of fused-ring (bicyclic) bond motifs is 1. The van der Waals surface area contributed by atoms with Gasteiger partial charge in [-0.05, 0) is 43.4 Å². The van der Waals surface area contributed by atoms with Crippen LogP contribution in [0.15, 0.2) is 12.2 Å². The van der Waals surface area contributed by atoms with Crippen LogP contribution in [0.4, 0.5) is 0 Å². The number of allylic oxidation sites excluding steroid dienone is 2. The van der Waals surface area contributed by atoms with E-state index in [1.54, 1.807) is 0 Å². The van der Waals surface area contributed by atoms with E-state index in [-0.39, 0.29) is 0 Å². The highest BCUT2D eigenvalue weighted by Gasteiger charge is 2.32. The first-order chi connectivity index (χ1) is 4.88. The first-order valence-corrected chi connectivity index (χ1v) is 4.54. The van der Waals surface area contributed by atoms with Gasteiger partial charge in [0.15, 0.2) is 0 Å². The van der Waals surface area contributed by atoms with Gasteiger partial charge in [0.05, 0.1) is 0 Å². The fraction of sp³-hybridized carbons (Fsp3) is 0.800. The molecule has 0 saturated heterocycles. The van der Waals surface area contributed by atoms with Gasteiger partial charge in [-0.3, -0.25) is 0 Å².